The van der Waals surface area contributed by atoms with Crippen LogP contribution in [0.15, 0.2) is 53.3 Å². The normalized spacial score (nSPS) is 20.5. The molecule has 0 amide bonds. The lowest BCUT2D eigenvalue weighted by Crippen LogP contribution is -2.44. The zero-order valence-corrected chi connectivity index (χ0v) is 14.2. The van der Waals surface area contributed by atoms with Crippen molar-refractivity contribution >= 4 is 6.29 Å². The summed E-state index contributed by atoms with van der Waals surface area (Å²) in [5.41, 5.74) is 2.25. The fourth-order valence-corrected chi connectivity index (χ4v) is 3.29. The van der Waals surface area contributed by atoms with E-state index in [-0.39, 0.29) is 6.04 Å². The number of rotatable bonds is 7. The highest BCUT2D eigenvalue weighted by molar-refractivity contribution is 5.73. The highest BCUT2D eigenvalue weighted by Gasteiger charge is 2.31. The van der Waals surface area contributed by atoms with Crippen LogP contribution < -0.4 is 5.32 Å². The molecule has 134 valence electrons. The van der Waals surface area contributed by atoms with E-state index in [1.807, 2.05) is 30.3 Å². The number of hydrogen-bond donors (Lipinski definition) is 2. The Morgan fingerprint density at radius 1 is 1.35 bits per heavy atom. The summed E-state index contributed by atoms with van der Waals surface area (Å²) in [6.07, 6.45) is 5.12. The van der Waals surface area contributed by atoms with Crippen molar-refractivity contribution in [1.29, 1.82) is 0 Å². The van der Waals surface area contributed by atoms with Crippen LogP contribution in [0.25, 0.3) is 11.3 Å². The molecule has 4 rings (SSSR count). The summed E-state index contributed by atoms with van der Waals surface area (Å²) in [7, 11) is 0. The standard InChI is InChI=1S/C19H20N4O3/c24-12-14-9-20-23(11-14)10-13-6-16(7-13)21-19(25)18-8-17(22-26-18)15-4-2-1-3-5-15/h1-5,8-9,11-13,16,19,21,25H,6-7,10H2. The summed E-state index contributed by atoms with van der Waals surface area (Å²) in [4.78, 5) is 10.7. The van der Waals surface area contributed by atoms with E-state index in [2.05, 4.69) is 15.6 Å². The van der Waals surface area contributed by atoms with Gasteiger partial charge in [-0.25, -0.2) is 0 Å². The number of aliphatic hydroxyl groups excluding tert-OH is 1. The maximum atomic E-state index is 10.7. The van der Waals surface area contributed by atoms with Gasteiger partial charge >= 0.3 is 0 Å². The molecule has 1 unspecified atom stereocenters. The molecule has 1 aliphatic carbocycles. The lowest BCUT2D eigenvalue weighted by molar-refractivity contribution is 0.0587. The first kappa shape index (κ1) is 16.7. The summed E-state index contributed by atoms with van der Waals surface area (Å²) in [5.74, 6) is 0.892. The number of aldehydes is 1. The maximum absolute atomic E-state index is 10.7. The predicted octanol–water partition coefficient (Wildman–Crippen LogP) is 2.41. The van der Waals surface area contributed by atoms with Gasteiger partial charge in [0.25, 0.3) is 0 Å². The second-order valence-corrected chi connectivity index (χ2v) is 6.70. The van der Waals surface area contributed by atoms with Crippen LogP contribution in [0, 0.1) is 5.92 Å². The molecule has 26 heavy (non-hydrogen) atoms. The summed E-state index contributed by atoms with van der Waals surface area (Å²) in [6, 6.07) is 11.7. The number of benzene rings is 1. The van der Waals surface area contributed by atoms with Gasteiger partial charge in [-0.15, -0.1) is 0 Å². The van der Waals surface area contributed by atoms with E-state index in [1.54, 1.807) is 23.1 Å². The molecule has 2 aromatic heterocycles. The summed E-state index contributed by atoms with van der Waals surface area (Å²) in [6.45, 7) is 0.780. The number of nitrogens with zero attached hydrogens (tertiary/aromatic N) is 3. The molecule has 1 atom stereocenters. The minimum atomic E-state index is -0.878. The molecule has 0 aliphatic heterocycles. The molecular weight excluding hydrogens is 332 g/mol. The van der Waals surface area contributed by atoms with Crippen LogP contribution in [0.4, 0.5) is 0 Å². The molecule has 1 saturated carbocycles. The van der Waals surface area contributed by atoms with Gasteiger partial charge in [0, 0.05) is 30.4 Å². The smallest absolute Gasteiger partial charge is 0.180 e. The zero-order valence-electron chi connectivity index (χ0n) is 14.2. The third kappa shape index (κ3) is 3.58. The minimum absolute atomic E-state index is 0.223. The van der Waals surface area contributed by atoms with Crippen LogP contribution in [0.5, 0.6) is 0 Å². The quantitative estimate of drug-likeness (QED) is 0.501. The number of aliphatic hydroxyl groups is 1. The Balaban J connectivity index is 1.28. The zero-order chi connectivity index (χ0) is 17.9. The lowest BCUT2D eigenvalue weighted by Gasteiger charge is -2.36. The lowest BCUT2D eigenvalue weighted by atomic mass is 9.80. The Kier molecular flexibility index (Phi) is 4.64. The van der Waals surface area contributed by atoms with Gasteiger partial charge in [-0.1, -0.05) is 35.5 Å². The average molecular weight is 352 g/mol. The van der Waals surface area contributed by atoms with Crippen molar-refractivity contribution in [1.82, 2.24) is 20.3 Å². The van der Waals surface area contributed by atoms with Crippen molar-refractivity contribution in [3.05, 3.63) is 60.1 Å². The van der Waals surface area contributed by atoms with E-state index >= 15 is 0 Å². The number of carbonyl (C=O) groups is 1. The van der Waals surface area contributed by atoms with E-state index in [9.17, 15) is 9.90 Å². The SMILES string of the molecule is O=Cc1cnn(CC2CC(NC(O)c3cc(-c4ccccc4)no3)C2)c1. The van der Waals surface area contributed by atoms with Crippen LogP contribution in [0.1, 0.15) is 35.2 Å². The molecule has 0 radical (unpaired) electrons. The first-order chi connectivity index (χ1) is 12.7. The van der Waals surface area contributed by atoms with Gasteiger partial charge in [-0.05, 0) is 18.8 Å². The monoisotopic (exact) mass is 352 g/mol. The van der Waals surface area contributed by atoms with E-state index < -0.39 is 6.23 Å². The van der Waals surface area contributed by atoms with Crippen LogP contribution in [-0.2, 0) is 6.54 Å². The van der Waals surface area contributed by atoms with Crippen molar-refractivity contribution in [3.8, 4) is 11.3 Å². The highest BCUT2D eigenvalue weighted by atomic mass is 16.5. The molecule has 1 aromatic carbocycles. The van der Waals surface area contributed by atoms with Crippen molar-refractivity contribution in [2.45, 2.75) is 31.7 Å². The van der Waals surface area contributed by atoms with E-state index in [4.69, 9.17) is 4.52 Å². The second kappa shape index (κ2) is 7.23. The number of hydrogen-bond acceptors (Lipinski definition) is 6. The minimum Gasteiger partial charge on any atom is -0.371 e. The Morgan fingerprint density at radius 2 is 2.15 bits per heavy atom. The summed E-state index contributed by atoms with van der Waals surface area (Å²) in [5, 5.41) is 21.7. The van der Waals surface area contributed by atoms with E-state index in [1.165, 1.54) is 0 Å². The first-order valence-corrected chi connectivity index (χ1v) is 8.65. The van der Waals surface area contributed by atoms with Gasteiger partial charge in [0.15, 0.2) is 18.3 Å². The molecule has 0 spiro atoms. The molecule has 2 N–H and O–H groups in total. The third-order valence-corrected chi connectivity index (χ3v) is 4.73. The molecule has 1 aliphatic rings. The van der Waals surface area contributed by atoms with Gasteiger partial charge in [0.1, 0.15) is 5.69 Å². The van der Waals surface area contributed by atoms with Crippen molar-refractivity contribution in [2.75, 3.05) is 0 Å². The van der Waals surface area contributed by atoms with Gasteiger partial charge < -0.3 is 9.63 Å². The Morgan fingerprint density at radius 3 is 2.88 bits per heavy atom. The van der Waals surface area contributed by atoms with Gasteiger partial charge in [0.2, 0.25) is 0 Å². The number of carbonyl (C=O) groups excluding carboxylic acids is 1. The highest BCUT2D eigenvalue weighted by Crippen LogP contribution is 2.31. The van der Waals surface area contributed by atoms with Crippen molar-refractivity contribution in [3.63, 3.8) is 0 Å². The third-order valence-electron chi connectivity index (χ3n) is 4.73. The Hall–Kier alpha value is -2.77. The van der Waals surface area contributed by atoms with Crippen molar-refractivity contribution < 1.29 is 14.4 Å². The van der Waals surface area contributed by atoms with Crippen LogP contribution in [-0.4, -0.2) is 32.4 Å². The molecule has 1 fully saturated rings. The fraction of sp³-hybridized carbons (Fsp3) is 0.316. The van der Waals surface area contributed by atoms with Gasteiger partial charge in [-0.3, -0.25) is 14.8 Å². The Labute approximate surface area is 150 Å². The summed E-state index contributed by atoms with van der Waals surface area (Å²) >= 11 is 0. The average Bonchev–Trinajstić information content (AvgIpc) is 3.30. The second-order valence-electron chi connectivity index (χ2n) is 6.70. The van der Waals surface area contributed by atoms with E-state index in [0.717, 1.165) is 31.2 Å². The Bertz CT molecular complexity index is 868. The predicted molar refractivity (Wildman–Crippen MR) is 94.2 cm³/mol. The van der Waals surface area contributed by atoms with Crippen molar-refractivity contribution in [2.24, 2.45) is 5.92 Å². The number of aromatic nitrogens is 3. The fourth-order valence-electron chi connectivity index (χ4n) is 3.29. The molecule has 7 nitrogen and oxygen atoms in total. The molecule has 0 saturated heterocycles. The van der Waals surface area contributed by atoms with Crippen LogP contribution in [0.2, 0.25) is 0 Å². The molecular formula is C19H20N4O3. The van der Waals surface area contributed by atoms with Gasteiger partial charge in [0.05, 0.1) is 11.8 Å². The topological polar surface area (TPSA) is 93.2 Å². The molecule has 2 heterocycles. The molecule has 3 aromatic rings. The molecule has 0 bridgehead atoms. The van der Waals surface area contributed by atoms with E-state index in [0.29, 0.717) is 22.9 Å². The molecule has 7 heteroatoms. The summed E-state index contributed by atoms with van der Waals surface area (Å²) < 4.78 is 7.07. The largest absolute Gasteiger partial charge is 0.371 e. The maximum Gasteiger partial charge on any atom is 0.180 e. The number of nitrogens with one attached hydrogen (secondary N) is 1. The van der Waals surface area contributed by atoms with Crippen LogP contribution in [0.3, 0.4) is 0 Å². The first-order valence-electron chi connectivity index (χ1n) is 8.65. The van der Waals surface area contributed by atoms with Crippen LogP contribution >= 0.6 is 0 Å². The van der Waals surface area contributed by atoms with Gasteiger partial charge in [-0.2, -0.15) is 5.10 Å².